The van der Waals surface area contributed by atoms with E-state index >= 15 is 0 Å². The number of aliphatic carboxylic acids is 1. The van der Waals surface area contributed by atoms with Crippen molar-refractivity contribution in [1.29, 1.82) is 0 Å². The SMILES string of the molecule is CC(Nc1cccc2c1CCN(C(=O)OC(C)(C)C)C2)C(=O)O. The first kappa shape index (κ1) is 17.1. The Hall–Kier alpha value is -2.24. The number of anilines is 1. The largest absolute Gasteiger partial charge is 0.480 e. The minimum Gasteiger partial charge on any atom is -0.480 e. The van der Waals surface area contributed by atoms with Crippen LogP contribution in [0.1, 0.15) is 38.8 Å². The molecule has 0 radical (unpaired) electrons. The van der Waals surface area contributed by atoms with Crippen LogP contribution in [0.5, 0.6) is 0 Å². The molecule has 1 atom stereocenters. The summed E-state index contributed by atoms with van der Waals surface area (Å²) in [6.07, 6.45) is 0.352. The number of fused-ring (bicyclic) bond motifs is 1. The Labute approximate surface area is 136 Å². The molecule has 6 heteroatoms. The first-order valence-electron chi connectivity index (χ1n) is 7.75. The van der Waals surface area contributed by atoms with Gasteiger partial charge in [-0.25, -0.2) is 4.79 Å². The maximum Gasteiger partial charge on any atom is 0.410 e. The minimum absolute atomic E-state index is 0.319. The number of rotatable bonds is 3. The topological polar surface area (TPSA) is 78.9 Å². The van der Waals surface area contributed by atoms with E-state index in [1.807, 2.05) is 39.0 Å². The smallest absolute Gasteiger partial charge is 0.410 e. The number of amides is 1. The number of hydrogen-bond acceptors (Lipinski definition) is 4. The lowest BCUT2D eigenvalue weighted by Gasteiger charge is -2.32. The molecule has 0 aromatic heterocycles. The molecule has 2 rings (SSSR count). The van der Waals surface area contributed by atoms with Crippen molar-refractivity contribution in [3.8, 4) is 0 Å². The van der Waals surface area contributed by atoms with Crippen molar-refractivity contribution >= 4 is 17.7 Å². The summed E-state index contributed by atoms with van der Waals surface area (Å²) in [6, 6.07) is 5.04. The molecule has 0 spiro atoms. The molecule has 1 unspecified atom stereocenters. The van der Waals surface area contributed by atoms with Gasteiger partial charge in [0.25, 0.3) is 0 Å². The van der Waals surface area contributed by atoms with E-state index in [0.717, 1.165) is 16.8 Å². The highest BCUT2D eigenvalue weighted by Gasteiger charge is 2.27. The van der Waals surface area contributed by atoms with E-state index < -0.39 is 17.6 Å². The van der Waals surface area contributed by atoms with E-state index in [1.165, 1.54) is 0 Å². The number of nitrogens with zero attached hydrogens (tertiary/aromatic N) is 1. The molecule has 1 heterocycles. The number of carbonyl (C=O) groups is 2. The van der Waals surface area contributed by atoms with Crippen LogP contribution in [0, 0.1) is 0 Å². The predicted octanol–water partition coefficient (Wildman–Crippen LogP) is 2.86. The van der Waals surface area contributed by atoms with Gasteiger partial charge in [0, 0.05) is 18.8 Å². The number of carboxylic acids is 1. The van der Waals surface area contributed by atoms with E-state index in [9.17, 15) is 9.59 Å². The van der Waals surface area contributed by atoms with Crippen molar-refractivity contribution in [2.45, 2.75) is 52.3 Å². The lowest BCUT2D eigenvalue weighted by atomic mass is 9.97. The van der Waals surface area contributed by atoms with Crippen molar-refractivity contribution in [1.82, 2.24) is 4.90 Å². The molecule has 0 saturated heterocycles. The molecular weight excluding hydrogens is 296 g/mol. The quantitative estimate of drug-likeness (QED) is 0.895. The number of nitrogens with one attached hydrogen (secondary N) is 1. The minimum atomic E-state index is -0.895. The summed E-state index contributed by atoms with van der Waals surface area (Å²) in [6.45, 7) is 8.18. The zero-order chi connectivity index (χ0) is 17.2. The van der Waals surface area contributed by atoms with E-state index in [2.05, 4.69) is 5.32 Å². The molecule has 0 aliphatic carbocycles. The first-order valence-corrected chi connectivity index (χ1v) is 7.75. The van der Waals surface area contributed by atoms with Gasteiger partial charge in [0.05, 0.1) is 0 Å². The molecule has 0 fully saturated rings. The van der Waals surface area contributed by atoms with Crippen LogP contribution < -0.4 is 5.32 Å². The van der Waals surface area contributed by atoms with Gasteiger partial charge >= 0.3 is 12.1 Å². The fourth-order valence-corrected chi connectivity index (χ4v) is 2.52. The molecule has 2 N–H and O–H groups in total. The highest BCUT2D eigenvalue weighted by Crippen LogP contribution is 2.27. The Morgan fingerprint density at radius 2 is 2.04 bits per heavy atom. The van der Waals surface area contributed by atoms with Gasteiger partial charge in [-0.1, -0.05) is 12.1 Å². The first-order chi connectivity index (χ1) is 10.7. The molecule has 1 aliphatic heterocycles. The second kappa shape index (κ2) is 6.48. The molecule has 1 aliphatic rings. The summed E-state index contributed by atoms with van der Waals surface area (Å²) in [7, 11) is 0. The summed E-state index contributed by atoms with van der Waals surface area (Å²) < 4.78 is 5.41. The van der Waals surface area contributed by atoms with E-state index in [4.69, 9.17) is 9.84 Å². The molecule has 1 aromatic rings. The van der Waals surface area contributed by atoms with Crippen LogP contribution in [0.15, 0.2) is 18.2 Å². The van der Waals surface area contributed by atoms with Crippen molar-refractivity contribution in [3.63, 3.8) is 0 Å². The molecule has 1 aromatic carbocycles. The highest BCUT2D eigenvalue weighted by atomic mass is 16.6. The Kier molecular flexibility index (Phi) is 4.82. The average molecular weight is 320 g/mol. The maximum absolute atomic E-state index is 12.2. The third-order valence-electron chi connectivity index (χ3n) is 3.66. The summed E-state index contributed by atoms with van der Waals surface area (Å²) in [4.78, 5) is 24.9. The third-order valence-corrected chi connectivity index (χ3v) is 3.66. The number of benzene rings is 1. The highest BCUT2D eigenvalue weighted by molar-refractivity contribution is 5.77. The molecule has 23 heavy (non-hydrogen) atoms. The summed E-state index contributed by atoms with van der Waals surface area (Å²) in [5, 5.41) is 12.1. The second-order valence-electron chi connectivity index (χ2n) is 6.80. The van der Waals surface area contributed by atoms with Gasteiger partial charge in [0.1, 0.15) is 11.6 Å². The maximum atomic E-state index is 12.2. The lowest BCUT2D eigenvalue weighted by Crippen LogP contribution is -2.40. The number of ether oxygens (including phenoxy) is 1. The van der Waals surface area contributed by atoms with Gasteiger partial charge in [-0.2, -0.15) is 0 Å². The predicted molar refractivity (Wildman–Crippen MR) is 87.5 cm³/mol. The zero-order valence-corrected chi connectivity index (χ0v) is 14.0. The number of hydrogen-bond donors (Lipinski definition) is 2. The van der Waals surface area contributed by atoms with Gasteiger partial charge in [0.2, 0.25) is 0 Å². The lowest BCUT2D eigenvalue weighted by molar-refractivity contribution is -0.137. The Morgan fingerprint density at radius 3 is 2.65 bits per heavy atom. The van der Waals surface area contributed by atoms with Gasteiger partial charge in [-0.15, -0.1) is 0 Å². The van der Waals surface area contributed by atoms with E-state index in [1.54, 1.807) is 11.8 Å². The summed E-state index contributed by atoms with van der Waals surface area (Å²) in [5.41, 5.74) is 2.39. The van der Waals surface area contributed by atoms with Gasteiger partial charge in [-0.05, 0) is 51.3 Å². The van der Waals surface area contributed by atoms with Crippen LogP contribution in [0.25, 0.3) is 0 Å². The Morgan fingerprint density at radius 1 is 1.35 bits per heavy atom. The molecule has 1 amide bonds. The van der Waals surface area contributed by atoms with Crippen LogP contribution in [0.3, 0.4) is 0 Å². The normalized spacial score (nSPS) is 15.6. The number of carboxylic acid groups (broad SMARTS) is 1. The second-order valence-corrected chi connectivity index (χ2v) is 6.80. The number of carbonyl (C=O) groups excluding carboxylic acids is 1. The molecule has 6 nitrogen and oxygen atoms in total. The van der Waals surface area contributed by atoms with Crippen molar-refractivity contribution < 1.29 is 19.4 Å². The third kappa shape index (κ3) is 4.37. The summed E-state index contributed by atoms with van der Waals surface area (Å²) in [5.74, 6) is -0.895. The van der Waals surface area contributed by atoms with Crippen molar-refractivity contribution in [2.75, 3.05) is 11.9 Å². The van der Waals surface area contributed by atoms with E-state index in [0.29, 0.717) is 19.5 Å². The molecule has 0 saturated carbocycles. The standard InChI is InChI=1S/C17H24N2O4/c1-11(15(20)21)18-14-7-5-6-12-10-19(9-8-13(12)14)16(22)23-17(2,3)4/h5-7,11,18H,8-10H2,1-4H3,(H,20,21). The van der Waals surface area contributed by atoms with Crippen LogP contribution >= 0.6 is 0 Å². The summed E-state index contributed by atoms with van der Waals surface area (Å²) >= 11 is 0. The molecular formula is C17H24N2O4. The fraction of sp³-hybridized carbons (Fsp3) is 0.529. The Bertz CT molecular complexity index is 607. The van der Waals surface area contributed by atoms with Crippen molar-refractivity contribution in [3.05, 3.63) is 29.3 Å². The molecule has 0 bridgehead atoms. The van der Waals surface area contributed by atoms with Gasteiger partial charge in [0.15, 0.2) is 0 Å². The average Bonchev–Trinajstić information content (AvgIpc) is 2.45. The van der Waals surface area contributed by atoms with Crippen LogP contribution in [-0.2, 0) is 22.5 Å². The van der Waals surface area contributed by atoms with Crippen LogP contribution in [0.2, 0.25) is 0 Å². The monoisotopic (exact) mass is 320 g/mol. The van der Waals surface area contributed by atoms with Crippen molar-refractivity contribution in [2.24, 2.45) is 0 Å². The van der Waals surface area contributed by atoms with Gasteiger partial charge < -0.3 is 20.1 Å². The van der Waals surface area contributed by atoms with Gasteiger partial charge in [-0.3, -0.25) is 4.79 Å². The van der Waals surface area contributed by atoms with Crippen LogP contribution in [-0.4, -0.2) is 40.3 Å². The molecule has 126 valence electrons. The van der Waals surface area contributed by atoms with E-state index in [-0.39, 0.29) is 6.09 Å². The Balaban J connectivity index is 2.13. The van der Waals surface area contributed by atoms with Crippen LogP contribution in [0.4, 0.5) is 10.5 Å². The fourth-order valence-electron chi connectivity index (χ4n) is 2.52. The zero-order valence-electron chi connectivity index (χ0n) is 14.0.